The summed E-state index contributed by atoms with van der Waals surface area (Å²) in [6, 6.07) is 10.2. The molecule has 2 N–H and O–H groups in total. The maximum Gasteiger partial charge on any atom is 0.225 e. The summed E-state index contributed by atoms with van der Waals surface area (Å²) in [6.07, 6.45) is 8.09. The van der Waals surface area contributed by atoms with Crippen molar-refractivity contribution in [2.45, 2.75) is 26.3 Å². The van der Waals surface area contributed by atoms with Crippen molar-refractivity contribution in [3.05, 3.63) is 60.7 Å². The van der Waals surface area contributed by atoms with Crippen molar-refractivity contribution in [1.82, 2.24) is 19.9 Å². The molecule has 3 aromatic rings. The summed E-state index contributed by atoms with van der Waals surface area (Å²) in [5.74, 6) is 1.41. The van der Waals surface area contributed by atoms with Crippen LogP contribution in [0.25, 0.3) is 11.3 Å². The van der Waals surface area contributed by atoms with Crippen molar-refractivity contribution in [2.75, 3.05) is 17.2 Å². The van der Waals surface area contributed by atoms with E-state index in [1.807, 2.05) is 48.9 Å². The molecule has 0 atom stereocenters. The van der Waals surface area contributed by atoms with Gasteiger partial charge in [0.1, 0.15) is 5.82 Å². The molecular formula is C19H22N6. The van der Waals surface area contributed by atoms with Crippen LogP contribution in [0.15, 0.2) is 55.1 Å². The van der Waals surface area contributed by atoms with E-state index in [2.05, 4.69) is 44.4 Å². The zero-order valence-electron chi connectivity index (χ0n) is 14.5. The van der Waals surface area contributed by atoms with Gasteiger partial charge >= 0.3 is 0 Å². The lowest BCUT2D eigenvalue weighted by Gasteiger charge is -2.13. The molecule has 0 spiro atoms. The van der Waals surface area contributed by atoms with Crippen LogP contribution in [0.2, 0.25) is 0 Å². The Morgan fingerprint density at radius 1 is 1.00 bits per heavy atom. The van der Waals surface area contributed by atoms with Crippen LogP contribution >= 0.6 is 0 Å². The number of rotatable bonds is 7. The molecule has 3 aromatic heterocycles. The minimum atomic E-state index is 0.258. The molecule has 6 heteroatoms. The smallest absolute Gasteiger partial charge is 0.225 e. The summed E-state index contributed by atoms with van der Waals surface area (Å²) >= 11 is 0. The fourth-order valence-electron chi connectivity index (χ4n) is 2.41. The molecular weight excluding hydrogens is 312 g/mol. The normalized spacial score (nSPS) is 10.7. The predicted molar refractivity (Wildman–Crippen MR) is 100 cm³/mol. The molecule has 6 nitrogen and oxygen atoms in total. The van der Waals surface area contributed by atoms with Crippen LogP contribution in [0.3, 0.4) is 0 Å². The molecule has 0 bridgehead atoms. The van der Waals surface area contributed by atoms with Gasteiger partial charge in [-0.25, -0.2) is 4.98 Å². The van der Waals surface area contributed by atoms with Gasteiger partial charge in [0.05, 0.1) is 5.69 Å². The van der Waals surface area contributed by atoms with Crippen LogP contribution in [0.5, 0.6) is 0 Å². The Bertz CT molecular complexity index is 790. The Morgan fingerprint density at radius 2 is 1.84 bits per heavy atom. The zero-order chi connectivity index (χ0) is 17.5. The van der Waals surface area contributed by atoms with Crippen molar-refractivity contribution in [3.63, 3.8) is 0 Å². The average Bonchev–Trinajstić information content (AvgIpc) is 2.63. The zero-order valence-corrected chi connectivity index (χ0v) is 14.5. The molecule has 0 saturated heterocycles. The first-order valence-corrected chi connectivity index (χ1v) is 8.39. The van der Waals surface area contributed by atoms with E-state index in [1.165, 1.54) is 5.56 Å². The molecule has 0 aromatic carbocycles. The monoisotopic (exact) mass is 334 g/mol. The Kier molecular flexibility index (Phi) is 5.51. The number of hydrogen-bond acceptors (Lipinski definition) is 6. The number of anilines is 2. The Morgan fingerprint density at radius 3 is 2.56 bits per heavy atom. The Balaban J connectivity index is 1.77. The molecule has 0 fully saturated rings. The van der Waals surface area contributed by atoms with Gasteiger partial charge in [-0.3, -0.25) is 9.97 Å². The number of pyridine rings is 2. The molecule has 3 heterocycles. The SMILES string of the molecule is CC(C)Nc1nc(NCCc2ccncc2)cc(-c2cccnc2)n1. The van der Waals surface area contributed by atoms with Gasteiger partial charge in [0.2, 0.25) is 5.95 Å². The van der Waals surface area contributed by atoms with Crippen molar-refractivity contribution < 1.29 is 0 Å². The molecule has 0 aliphatic carbocycles. The molecule has 0 amide bonds. The van der Waals surface area contributed by atoms with Crippen LogP contribution in [0, 0.1) is 0 Å². The van der Waals surface area contributed by atoms with E-state index >= 15 is 0 Å². The second-order valence-electron chi connectivity index (χ2n) is 6.04. The van der Waals surface area contributed by atoms with Gasteiger partial charge < -0.3 is 10.6 Å². The van der Waals surface area contributed by atoms with E-state index in [-0.39, 0.29) is 6.04 Å². The van der Waals surface area contributed by atoms with E-state index in [9.17, 15) is 0 Å². The van der Waals surface area contributed by atoms with Crippen molar-refractivity contribution in [3.8, 4) is 11.3 Å². The average molecular weight is 334 g/mol. The second kappa shape index (κ2) is 8.19. The molecule has 0 radical (unpaired) electrons. The molecule has 25 heavy (non-hydrogen) atoms. The highest BCUT2D eigenvalue weighted by Gasteiger charge is 2.08. The third-order valence-corrected chi connectivity index (χ3v) is 3.57. The van der Waals surface area contributed by atoms with Gasteiger partial charge in [0, 0.05) is 49.0 Å². The van der Waals surface area contributed by atoms with Gasteiger partial charge in [-0.1, -0.05) is 0 Å². The van der Waals surface area contributed by atoms with Crippen LogP contribution in [0.4, 0.5) is 11.8 Å². The molecule has 0 saturated carbocycles. The van der Waals surface area contributed by atoms with Crippen molar-refractivity contribution >= 4 is 11.8 Å². The first kappa shape index (κ1) is 16.8. The fourth-order valence-corrected chi connectivity index (χ4v) is 2.41. The summed E-state index contributed by atoms with van der Waals surface area (Å²) in [6.45, 7) is 4.92. The van der Waals surface area contributed by atoms with Crippen LogP contribution in [-0.2, 0) is 6.42 Å². The largest absolute Gasteiger partial charge is 0.370 e. The van der Waals surface area contributed by atoms with E-state index < -0.39 is 0 Å². The molecule has 0 aliphatic rings. The molecule has 0 unspecified atom stereocenters. The summed E-state index contributed by atoms with van der Waals surface area (Å²) in [4.78, 5) is 17.4. The van der Waals surface area contributed by atoms with E-state index in [0.29, 0.717) is 5.95 Å². The minimum absolute atomic E-state index is 0.258. The van der Waals surface area contributed by atoms with Gasteiger partial charge in [-0.05, 0) is 50.1 Å². The first-order chi connectivity index (χ1) is 12.2. The number of nitrogens with zero attached hydrogens (tertiary/aromatic N) is 4. The minimum Gasteiger partial charge on any atom is -0.370 e. The lowest BCUT2D eigenvalue weighted by atomic mass is 10.2. The lowest BCUT2D eigenvalue weighted by molar-refractivity contribution is 0.874. The van der Waals surface area contributed by atoms with Crippen molar-refractivity contribution in [2.24, 2.45) is 0 Å². The maximum atomic E-state index is 4.60. The number of hydrogen-bond donors (Lipinski definition) is 2. The Hall–Kier alpha value is -3.02. The number of aromatic nitrogens is 4. The fraction of sp³-hybridized carbons (Fsp3) is 0.263. The predicted octanol–water partition coefficient (Wildman–Crippen LogP) is 3.41. The summed E-state index contributed by atoms with van der Waals surface area (Å²) in [5.41, 5.74) is 3.05. The van der Waals surface area contributed by atoms with Crippen molar-refractivity contribution in [1.29, 1.82) is 0 Å². The van der Waals surface area contributed by atoms with E-state index in [0.717, 1.165) is 30.0 Å². The topological polar surface area (TPSA) is 75.6 Å². The summed E-state index contributed by atoms with van der Waals surface area (Å²) in [5, 5.41) is 6.66. The number of nitrogens with one attached hydrogen (secondary N) is 2. The van der Waals surface area contributed by atoms with Gasteiger partial charge in [0.25, 0.3) is 0 Å². The third kappa shape index (κ3) is 4.97. The van der Waals surface area contributed by atoms with E-state index in [1.54, 1.807) is 6.20 Å². The molecule has 128 valence electrons. The highest BCUT2D eigenvalue weighted by atomic mass is 15.1. The van der Waals surface area contributed by atoms with Crippen LogP contribution < -0.4 is 10.6 Å². The summed E-state index contributed by atoms with van der Waals surface area (Å²) < 4.78 is 0. The third-order valence-electron chi connectivity index (χ3n) is 3.57. The quantitative estimate of drug-likeness (QED) is 0.689. The van der Waals surface area contributed by atoms with Crippen LogP contribution in [-0.4, -0.2) is 32.5 Å². The highest BCUT2D eigenvalue weighted by Crippen LogP contribution is 2.21. The standard InChI is InChI=1S/C19H22N6/c1-14(2)23-19-24-17(16-4-3-8-21-13-16)12-18(25-19)22-11-7-15-5-9-20-10-6-15/h3-6,8-10,12-14H,7,11H2,1-2H3,(H2,22,23,24,25). The second-order valence-corrected chi connectivity index (χ2v) is 6.04. The Labute approximate surface area is 147 Å². The van der Waals surface area contributed by atoms with Crippen LogP contribution in [0.1, 0.15) is 19.4 Å². The molecule has 3 rings (SSSR count). The van der Waals surface area contributed by atoms with Gasteiger partial charge in [-0.15, -0.1) is 0 Å². The maximum absolute atomic E-state index is 4.60. The lowest BCUT2D eigenvalue weighted by Crippen LogP contribution is -2.14. The van der Waals surface area contributed by atoms with Gasteiger partial charge in [0.15, 0.2) is 0 Å². The van der Waals surface area contributed by atoms with Gasteiger partial charge in [-0.2, -0.15) is 4.98 Å². The molecule has 0 aliphatic heterocycles. The highest BCUT2D eigenvalue weighted by molar-refractivity contribution is 5.63. The first-order valence-electron chi connectivity index (χ1n) is 8.39. The summed E-state index contributed by atoms with van der Waals surface area (Å²) in [7, 11) is 0. The van der Waals surface area contributed by atoms with E-state index in [4.69, 9.17) is 0 Å².